The van der Waals surface area contributed by atoms with Crippen molar-refractivity contribution in [3.63, 3.8) is 0 Å². The number of ether oxygens (including phenoxy) is 1. The van der Waals surface area contributed by atoms with Gasteiger partial charge in [-0.2, -0.15) is 0 Å². The second-order valence-electron chi connectivity index (χ2n) is 6.43. The molecule has 3 rings (SSSR count). The van der Waals surface area contributed by atoms with E-state index in [4.69, 9.17) is 4.74 Å². The lowest BCUT2D eigenvalue weighted by Crippen LogP contribution is -2.32. The van der Waals surface area contributed by atoms with Crippen LogP contribution in [0.3, 0.4) is 0 Å². The first-order valence-corrected chi connectivity index (χ1v) is 8.26. The van der Waals surface area contributed by atoms with Crippen LogP contribution in [0.15, 0.2) is 42.6 Å². The first-order chi connectivity index (χ1) is 12.0. The first kappa shape index (κ1) is 17.2. The Kier molecular flexibility index (Phi) is 4.90. The highest BCUT2D eigenvalue weighted by molar-refractivity contribution is 5.93. The Labute approximate surface area is 147 Å². The summed E-state index contributed by atoms with van der Waals surface area (Å²) in [5, 5.41) is 10.1. The van der Waals surface area contributed by atoms with Gasteiger partial charge in [-0.15, -0.1) is 0 Å². The zero-order valence-corrected chi connectivity index (χ0v) is 14.7. The Hall–Kier alpha value is -2.60. The molecule has 2 atom stereocenters. The Morgan fingerprint density at radius 1 is 1.32 bits per heavy atom. The number of anilines is 1. The van der Waals surface area contributed by atoms with E-state index in [0.29, 0.717) is 18.7 Å². The molecule has 1 N–H and O–H groups in total. The third kappa shape index (κ3) is 3.58. The summed E-state index contributed by atoms with van der Waals surface area (Å²) in [7, 11) is 5.45. The summed E-state index contributed by atoms with van der Waals surface area (Å²) in [5.74, 6) is 0.562. The van der Waals surface area contributed by atoms with Crippen LogP contribution in [0, 0.1) is 0 Å². The van der Waals surface area contributed by atoms with E-state index in [1.165, 1.54) is 0 Å². The molecule has 2 heterocycles. The van der Waals surface area contributed by atoms with Crippen LogP contribution < -0.4 is 9.64 Å². The summed E-state index contributed by atoms with van der Waals surface area (Å²) in [6.07, 6.45) is 1.60. The van der Waals surface area contributed by atoms with Crippen LogP contribution in [0.25, 0.3) is 0 Å². The molecule has 0 aliphatic carbocycles. The molecule has 1 saturated heterocycles. The lowest BCUT2D eigenvalue weighted by molar-refractivity contribution is 0.0710. The fraction of sp³-hybridized carbons (Fsp3) is 0.368. The summed E-state index contributed by atoms with van der Waals surface area (Å²) in [4.78, 5) is 20.9. The van der Waals surface area contributed by atoms with Crippen LogP contribution in [0.2, 0.25) is 0 Å². The van der Waals surface area contributed by atoms with Crippen molar-refractivity contribution < 1.29 is 14.6 Å². The highest BCUT2D eigenvalue weighted by Gasteiger charge is 2.36. The monoisotopic (exact) mass is 341 g/mol. The number of aliphatic hydroxyl groups excluding tert-OH is 1. The quantitative estimate of drug-likeness (QED) is 0.923. The summed E-state index contributed by atoms with van der Waals surface area (Å²) < 4.78 is 5.28. The van der Waals surface area contributed by atoms with Gasteiger partial charge in [-0.1, -0.05) is 12.1 Å². The summed E-state index contributed by atoms with van der Waals surface area (Å²) in [6.45, 7) is 0.300. The molecule has 25 heavy (non-hydrogen) atoms. The number of aromatic nitrogens is 1. The highest BCUT2D eigenvalue weighted by Crippen LogP contribution is 2.34. The molecule has 6 nitrogen and oxygen atoms in total. The number of benzene rings is 1. The van der Waals surface area contributed by atoms with Gasteiger partial charge in [0.1, 0.15) is 11.4 Å². The second kappa shape index (κ2) is 7.11. The van der Waals surface area contributed by atoms with Crippen LogP contribution in [0.4, 0.5) is 5.69 Å². The SMILES string of the molecule is COc1cccc([C@@H]2C[C@H](O)CN2C(=O)c2cc(N(C)C)ccn2)c1. The second-order valence-corrected chi connectivity index (χ2v) is 6.43. The zero-order chi connectivity index (χ0) is 18.0. The molecule has 1 amide bonds. The van der Waals surface area contributed by atoms with E-state index in [1.807, 2.05) is 49.3 Å². The number of amides is 1. The average molecular weight is 341 g/mol. The van der Waals surface area contributed by atoms with Crippen LogP contribution in [0.5, 0.6) is 5.75 Å². The van der Waals surface area contributed by atoms with Gasteiger partial charge in [0.2, 0.25) is 0 Å². The van der Waals surface area contributed by atoms with Crippen molar-refractivity contribution in [2.75, 3.05) is 32.6 Å². The number of carbonyl (C=O) groups is 1. The van der Waals surface area contributed by atoms with E-state index in [0.717, 1.165) is 17.0 Å². The summed E-state index contributed by atoms with van der Waals surface area (Å²) in [6, 6.07) is 11.1. The van der Waals surface area contributed by atoms with Gasteiger partial charge in [-0.3, -0.25) is 9.78 Å². The lowest BCUT2D eigenvalue weighted by Gasteiger charge is -2.25. The van der Waals surface area contributed by atoms with E-state index in [1.54, 1.807) is 24.3 Å². The number of methoxy groups -OCH3 is 1. The molecule has 0 saturated carbocycles. The number of hydrogen-bond acceptors (Lipinski definition) is 5. The maximum absolute atomic E-state index is 13.0. The molecule has 6 heteroatoms. The normalized spacial score (nSPS) is 19.8. The summed E-state index contributed by atoms with van der Waals surface area (Å²) >= 11 is 0. The van der Waals surface area contributed by atoms with Gasteiger partial charge in [0.25, 0.3) is 5.91 Å². The number of pyridine rings is 1. The number of carbonyl (C=O) groups excluding carboxylic acids is 1. The Balaban J connectivity index is 1.91. The minimum Gasteiger partial charge on any atom is -0.497 e. The predicted molar refractivity (Wildman–Crippen MR) is 96.0 cm³/mol. The third-order valence-electron chi connectivity index (χ3n) is 4.50. The van der Waals surface area contributed by atoms with Gasteiger partial charge >= 0.3 is 0 Å². The van der Waals surface area contributed by atoms with E-state index in [2.05, 4.69) is 4.98 Å². The Bertz CT molecular complexity index is 763. The fourth-order valence-electron chi connectivity index (χ4n) is 3.16. The molecule has 0 unspecified atom stereocenters. The van der Waals surface area contributed by atoms with Crippen LogP contribution in [-0.4, -0.2) is 54.8 Å². The van der Waals surface area contributed by atoms with Gasteiger partial charge in [0, 0.05) is 32.5 Å². The molecule has 1 aromatic heterocycles. The maximum Gasteiger partial charge on any atom is 0.273 e. The largest absolute Gasteiger partial charge is 0.497 e. The standard InChI is InChI=1S/C19H23N3O3/c1-21(2)14-7-8-20-17(10-14)19(24)22-12-15(23)11-18(22)13-5-4-6-16(9-13)25-3/h4-10,15,18,23H,11-12H2,1-3H3/t15-,18-/m0/s1. The molecule has 0 radical (unpaired) electrons. The van der Waals surface area contributed by atoms with Crippen molar-refractivity contribution in [1.29, 1.82) is 0 Å². The Morgan fingerprint density at radius 2 is 2.12 bits per heavy atom. The number of rotatable bonds is 4. The van der Waals surface area contributed by atoms with Gasteiger partial charge in [0.15, 0.2) is 0 Å². The van der Waals surface area contributed by atoms with Crippen molar-refractivity contribution >= 4 is 11.6 Å². The molecule has 1 aromatic carbocycles. The van der Waals surface area contributed by atoms with Gasteiger partial charge in [0.05, 0.1) is 19.3 Å². The highest BCUT2D eigenvalue weighted by atomic mass is 16.5. The van der Waals surface area contributed by atoms with Gasteiger partial charge < -0.3 is 19.6 Å². The number of β-amino-alcohol motifs (C(OH)–C–C–N with tert-alkyl or cyclic N) is 1. The van der Waals surface area contributed by atoms with Crippen molar-refractivity contribution in [1.82, 2.24) is 9.88 Å². The minimum absolute atomic E-state index is 0.173. The minimum atomic E-state index is -0.544. The number of likely N-dealkylation sites (tertiary alicyclic amines) is 1. The van der Waals surface area contributed by atoms with Crippen molar-refractivity contribution in [2.45, 2.75) is 18.6 Å². The Morgan fingerprint density at radius 3 is 2.84 bits per heavy atom. The first-order valence-electron chi connectivity index (χ1n) is 8.26. The zero-order valence-electron chi connectivity index (χ0n) is 14.7. The molecule has 0 bridgehead atoms. The molecule has 2 aromatic rings. The number of aliphatic hydroxyl groups is 1. The maximum atomic E-state index is 13.0. The molecule has 1 aliphatic heterocycles. The van der Waals surface area contributed by atoms with Gasteiger partial charge in [-0.25, -0.2) is 0 Å². The average Bonchev–Trinajstić information content (AvgIpc) is 3.03. The topological polar surface area (TPSA) is 65.9 Å². The summed E-state index contributed by atoms with van der Waals surface area (Å²) in [5.41, 5.74) is 2.25. The third-order valence-corrected chi connectivity index (χ3v) is 4.50. The molecule has 132 valence electrons. The van der Waals surface area contributed by atoms with E-state index < -0.39 is 6.10 Å². The van der Waals surface area contributed by atoms with E-state index in [9.17, 15) is 9.90 Å². The van der Waals surface area contributed by atoms with Crippen LogP contribution >= 0.6 is 0 Å². The van der Waals surface area contributed by atoms with Crippen LogP contribution in [0.1, 0.15) is 28.5 Å². The van der Waals surface area contributed by atoms with Crippen molar-refractivity contribution in [2.24, 2.45) is 0 Å². The molecule has 1 fully saturated rings. The van der Waals surface area contributed by atoms with E-state index >= 15 is 0 Å². The molecular formula is C19H23N3O3. The van der Waals surface area contributed by atoms with Gasteiger partial charge in [-0.05, 0) is 36.2 Å². The predicted octanol–water partition coefficient (Wildman–Crippen LogP) is 2.10. The van der Waals surface area contributed by atoms with Crippen molar-refractivity contribution in [3.05, 3.63) is 53.9 Å². The fourth-order valence-corrected chi connectivity index (χ4v) is 3.16. The molecule has 1 aliphatic rings. The smallest absolute Gasteiger partial charge is 0.273 e. The van der Waals surface area contributed by atoms with Crippen LogP contribution in [-0.2, 0) is 0 Å². The number of nitrogens with zero attached hydrogens (tertiary/aromatic N) is 3. The molecular weight excluding hydrogens is 318 g/mol. The van der Waals surface area contributed by atoms with E-state index in [-0.39, 0.29) is 11.9 Å². The van der Waals surface area contributed by atoms with Crippen molar-refractivity contribution in [3.8, 4) is 5.75 Å². The molecule has 0 spiro atoms. The number of hydrogen-bond donors (Lipinski definition) is 1. The lowest BCUT2D eigenvalue weighted by atomic mass is 10.0.